The highest BCUT2D eigenvalue weighted by atomic mass is 32.2. The second kappa shape index (κ2) is 5.00. The van der Waals surface area contributed by atoms with E-state index in [4.69, 9.17) is 5.73 Å². The first-order chi connectivity index (χ1) is 7.58. The molecule has 0 amide bonds. The Balaban J connectivity index is 1.88. The Kier molecular flexibility index (Phi) is 3.84. The monoisotopic (exact) mass is 247 g/mol. The minimum atomic E-state index is -3.23. The molecule has 0 spiro atoms. The third kappa shape index (κ3) is 2.94. The minimum absolute atomic E-state index is 0.0883. The van der Waals surface area contributed by atoms with Gasteiger partial charge in [-0.15, -0.1) is 0 Å². The molecular weight excluding hydrogens is 226 g/mol. The molecule has 2 fully saturated rings. The Morgan fingerprint density at radius 2 is 1.62 bits per heavy atom. The molecule has 1 saturated heterocycles. The van der Waals surface area contributed by atoms with E-state index in [0.717, 1.165) is 38.5 Å². The van der Waals surface area contributed by atoms with Crippen molar-refractivity contribution in [3.8, 4) is 0 Å². The summed E-state index contributed by atoms with van der Waals surface area (Å²) in [7, 11) is -3.23. The normalized spacial score (nSPS) is 33.1. The van der Waals surface area contributed by atoms with Crippen molar-refractivity contribution >= 4 is 10.2 Å². The first-order valence-electron chi connectivity index (χ1n) is 6.11. The van der Waals surface area contributed by atoms with E-state index in [1.807, 2.05) is 0 Å². The maximum atomic E-state index is 12.0. The van der Waals surface area contributed by atoms with Gasteiger partial charge in [-0.2, -0.15) is 17.4 Å². The summed E-state index contributed by atoms with van der Waals surface area (Å²) in [5.41, 5.74) is 5.80. The summed E-state index contributed by atoms with van der Waals surface area (Å²) in [5.74, 6) is 0. The van der Waals surface area contributed by atoms with Gasteiger partial charge in [0.1, 0.15) is 0 Å². The standard InChI is InChI=1S/C10H21N3O2S/c11-9-3-5-10(6-4-9)12-16(14,15)13-7-1-2-8-13/h9-10,12H,1-8,11H2. The third-order valence-electron chi connectivity index (χ3n) is 3.49. The van der Waals surface area contributed by atoms with Crippen LogP contribution in [0, 0.1) is 0 Å². The molecule has 0 aromatic rings. The molecule has 0 aromatic heterocycles. The molecule has 1 saturated carbocycles. The van der Waals surface area contributed by atoms with E-state index in [9.17, 15) is 8.42 Å². The third-order valence-corrected chi connectivity index (χ3v) is 5.17. The molecule has 3 N–H and O–H groups in total. The van der Waals surface area contributed by atoms with Crippen molar-refractivity contribution in [3.05, 3.63) is 0 Å². The molecule has 16 heavy (non-hydrogen) atoms. The van der Waals surface area contributed by atoms with Gasteiger partial charge in [0.15, 0.2) is 0 Å². The van der Waals surface area contributed by atoms with Crippen LogP contribution in [0.4, 0.5) is 0 Å². The van der Waals surface area contributed by atoms with Crippen LogP contribution in [0.3, 0.4) is 0 Å². The van der Waals surface area contributed by atoms with E-state index in [-0.39, 0.29) is 12.1 Å². The summed E-state index contributed by atoms with van der Waals surface area (Å²) in [4.78, 5) is 0. The van der Waals surface area contributed by atoms with Crippen molar-refractivity contribution in [1.29, 1.82) is 0 Å². The Morgan fingerprint density at radius 3 is 2.19 bits per heavy atom. The first-order valence-corrected chi connectivity index (χ1v) is 7.55. The molecule has 1 aliphatic carbocycles. The van der Waals surface area contributed by atoms with E-state index in [0.29, 0.717) is 13.1 Å². The summed E-state index contributed by atoms with van der Waals surface area (Å²) in [6.45, 7) is 1.34. The van der Waals surface area contributed by atoms with Crippen molar-refractivity contribution in [3.63, 3.8) is 0 Å². The molecule has 0 unspecified atom stereocenters. The zero-order chi connectivity index (χ0) is 11.6. The Morgan fingerprint density at radius 1 is 1.06 bits per heavy atom. The quantitative estimate of drug-likeness (QED) is 0.747. The van der Waals surface area contributed by atoms with Crippen LogP contribution in [-0.2, 0) is 10.2 Å². The minimum Gasteiger partial charge on any atom is -0.328 e. The Hall–Kier alpha value is -0.170. The fraction of sp³-hybridized carbons (Fsp3) is 1.00. The number of nitrogens with two attached hydrogens (primary N) is 1. The van der Waals surface area contributed by atoms with Crippen molar-refractivity contribution in [1.82, 2.24) is 9.03 Å². The molecule has 1 aliphatic heterocycles. The van der Waals surface area contributed by atoms with Crippen LogP contribution in [0.2, 0.25) is 0 Å². The molecule has 94 valence electrons. The highest BCUT2D eigenvalue weighted by Crippen LogP contribution is 2.19. The average molecular weight is 247 g/mol. The fourth-order valence-corrected chi connectivity index (χ4v) is 4.00. The van der Waals surface area contributed by atoms with Crippen LogP contribution in [0.25, 0.3) is 0 Å². The van der Waals surface area contributed by atoms with Crippen LogP contribution in [-0.4, -0.2) is 37.9 Å². The smallest absolute Gasteiger partial charge is 0.279 e. The Bertz CT molecular complexity index is 317. The molecule has 0 bridgehead atoms. The molecule has 2 rings (SSSR count). The molecule has 1 heterocycles. The maximum absolute atomic E-state index is 12.0. The fourth-order valence-electron chi connectivity index (χ4n) is 2.45. The van der Waals surface area contributed by atoms with Gasteiger partial charge in [0, 0.05) is 25.2 Å². The molecular formula is C10H21N3O2S. The van der Waals surface area contributed by atoms with E-state index in [1.54, 1.807) is 4.31 Å². The topological polar surface area (TPSA) is 75.4 Å². The van der Waals surface area contributed by atoms with Crippen molar-refractivity contribution in [2.45, 2.75) is 50.6 Å². The van der Waals surface area contributed by atoms with Crippen LogP contribution in [0.1, 0.15) is 38.5 Å². The molecule has 6 heteroatoms. The lowest BCUT2D eigenvalue weighted by Crippen LogP contribution is -2.46. The summed E-state index contributed by atoms with van der Waals surface area (Å²) >= 11 is 0. The molecule has 0 aromatic carbocycles. The highest BCUT2D eigenvalue weighted by Gasteiger charge is 2.29. The molecule has 0 radical (unpaired) electrons. The predicted molar refractivity (Wildman–Crippen MR) is 63.1 cm³/mol. The highest BCUT2D eigenvalue weighted by molar-refractivity contribution is 7.87. The lowest BCUT2D eigenvalue weighted by Gasteiger charge is -2.28. The lowest BCUT2D eigenvalue weighted by molar-refractivity contribution is 0.363. The SMILES string of the molecule is NC1CCC(NS(=O)(=O)N2CCCC2)CC1. The second-order valence-electron chi connectivity index (χ2n) is 4.84. The van der Waals surface area contributed by atoms with Gasteiger partial charge in [-0.3, -0.25) is 0 Å². The second-order valence-corrected chi connectivity index (χ2v) is 6.54. The number of hydrogen-bond acceptors (Lipinski definition) is 3. The van der Waals surface area contributed by atoms with Crippen molar-refractivity contribution in [2.24, 2.45) is 5.73 Å². The van der Waals surface area contributed by atoms with E-state index in [1.165, 1.54) is 0 Å². The summed E-state index contributed by atoms with van der Waals surface area (Å²) in [5, 5.41) is 0. The van der Waals surface area contributed by atoms with Gasteiger partial charge < -0.3 is 5.73 Å². The van der Waals surface area contributed by atoms with Crippen LogP contribution in [0.15, 0.2) is 0 Å². The van der Waals surface area contributed by atoms with Crippen molar-refractivity contribution < 1.29 is 8.42 Å². The van der Waals surface area contributed by atoms with E-state index >= 15 is 0 Å². The lowest BCUT2D eigenvalue weighted by atomic mass is 9.93. The van der Waals surface area contributed by atoms with Gasteiger partial charge in [-0.25, -0.2) is 0 Å². The maximum Gasteiger partial charge on any atom is 0.279 e. The van der Waals surface area contributed by atoms with Gasteiger partial charge >= 0.3 is 0 Å². The number of nitrogens with one attached hydrogen (secondary N) is 1. The van der Waals surface area contributed by atoms with Gasteiger partial charge in [-0.05, 0) is 38.5 Å². The molecule has 2 aliphatic rings. The first kappa shape index (κ1) is 12.3. The van der Waals surface area contributed by atoms with Gasteiger partial charge in [0.05, 0.1) is 0 Å². The van der Waals surface area contributed by atoms with Crippen LogP contribution >= 0.6 is 0 Å². The molecule has 5 nitrogen and oxygen atoms in total. The Labute approximate surface area is 97.6 Å². The zero-order valence-corrected chi connectivity index (χ0v) is 10.4. The van der Waals surface area contributed by atoms with E-state index < -0.39 is 10.2 Å². The number of rotatable bonds is 3. The van der Waals surface area contributed by atoms with Crippen LogP contribution in [0.5, 0.6) is 0 Å². The van der Waals surface area contributed by atoms with Crippen molar-refractivity contribution in [2.75, 3.05) is 13.1 Å². The summed E-state index contributed by atoms with van der Waals surface area (Å²) in [6.07, 6.45) is 5.55. The number of nitrogens with zero attached hydrogens (tertiary/aromatic N) is 1. The van der Waals surface area contributed by atoms with Gasteiger partial charge in [-0.1, -0.05) is 0 Å². The zero-order valence-electron chi connectivity index (χ0n) is 9.56. The number of hydrogen-bond donors (Lipinski definition) is 2. The molecule has 0 atom stereocenters. The van der Waals surface area contributed by atoms with Crippen LogP contribution < -0.4 is 10.5 Å². The summed E-state index contributed by atoms with van der Waals surface area (Å²) in [6, 6.07) is 0.345. The summed E-state index contributed by atoms with van der Waals surface area (Å²) < 4.78 is 28.3. The van der Waals surface area contributed by atoms with Gasteiger partial charge in [0.25, 0.3) is 10.2 Å². The van der Waals surface area contributed by atoms with Gasteiger partial charge in [0.2, 0.25) is 0 Å². The largest absolute Gasteiger partial charge is 0.328 e. The average Bonchev–Trinajstić information content (AvgIpc) is 2.75. The van der Waals surface area contributed by atoms with E-state index in [2.05, 4.69) is 4.72 Å². The predicted octanol–water partition coefficient (Wildman–Crippen LogP) is 0.186.